The second kappa shape index (κ2) is 7.97. The normalized spacial score (nSPS) is 12.0. The van der Waals surface area contributed by atoms with Crippen molar-refractivity contribution < 1.29 is 9.13 Å². The Morgan fingerprint density at radius 2 is 1.89 bits per heavy atom. The number of rotatable bonds is 5. The zero-order valence-electron chi connectivity index (χ0n) is 15.5. The quantitative estimate of drug-likeness (QED) is 0.586. The summed E-state index contributed by atoms with van der Waals surface area (Å²) in [5, 5.41) is 0.592. The van der Waals surface area contributed by atoms with Crippen molar-refractivity contribution in [3.05, 3.63) is 87.0 Å². The molecule has 0 saturated heterocycles. The Kier molecular flexibility index (Phi) is 5.66. The first-order valence-electron chi connectivity index (χ1n) is 8.71. The lowest BCUT2D eigenvalue weighted by Gasteiger charge is -2.19. The molecule has 1 atom stereocenters. The van der Waals surface area contributed by atoms with Crippen molar-refractivity contribution in [1.82, 2.24) is 4.57 Å². The summed E-state index contributed by atoms with van der Waals surface area (Å²) in [6.45, 7) is 3.84. The highest BCUT2D eigenvalue weighted by Crippen LogP contribution is 2.33. The number of halogens is 2. The second-order valence-corrected chi connectivity index (χ2v) is 7.04. The molecule has 0 aliphatic rings. The van der Waals surface area contributed by atoms with Crippen LogP contribution in [0.2, 0.25) is 5.02 Å². The minimum Gasteiger partial charge on any atom is -0.495 e. The van der Waals surface area contributed by atoms with Gasteiger partial charge in [0.25, 0.3) is 5.56 Å². The fraction of sp³-hybridized carbons (Fsp3) is 0.227. The maximum Gasteiger partial charge on any atom is 0.251 e. The zero-order valence-corrected chi connectivity index (χ0v) is 16.3. The van der Waals surface area contributed by atoms with Gasteiger partial charge in [-0.15, -0.1) is 0 Å². The van der Waals surface area contributed by atoms with E-state index in [1.165, 1.54) is 6.07 Å². The Morgan fingerprint density at radius 3 is 2.59 bits per heavy atom. The van der Waals surface area contributed by atoms with Crippen LogP contribution in [0.5, 0.6) is 5.75 Å². The summed E-state index contributed by atoms with van der Waals surface area (Å²) in [6.07, 6.45) is 2.09. The summed E-state index contributed by atoms with van der Waals surface area (Å²) in [5.74, 6) is 0.302. The van der Waals surface area contributed by atoms with Crippen LogP contribution in [0.4, 0.5) is 4.39 Å². The van der Waals surface area contributed by atoms with Crippen molar-refractivity contribution in [2.75, 3.05) is 7.11 Å². The average molecular weight is 386 g/mol. The van der Waals surface area contributed by atoms with Crippen LogP contribution < -0.4 is 10.3 Å². The van der Waals surface area contributed by atoms with E-state index in [4.69, 9.17) is 16.3 Å². The summed E-state index contributed by atoms with van der Waals surface area (Å²) in [7, 11) is 1.56. The summed E-state index contributed by atoms with van der Waals surface area (Å²) in [4.78, 5) is 12.8. The minimum absolute atomic E-state index is 0.172. The molecule has 0 aliphatic carbocycles. The average Bonchev–Trinajstić information content (AvgIpc) is 2.65. The van der Waals surface area contributed by atoms with E-state index >= 15 is 0 Å². The van der Waals surface area contributed by atoms with E-state index in [1.54, 1.807) is 42.1 Å². The highest BCUT2D eigenvalue weighted by atomic mass is 35.5. The fourth-order valence-corrected chi connectivity index (χ4v) is 3.38. The van der Waals surface area contributed by atoms with E-state index in [0.717, 1.165) is 11.1 Å². The molecule has 1 aromatic heterocycles. The number of ether oxygens (including phenoxy) is 1. The van der Waals surface area contributed by atoms with Gasteiger partial charge in [0.15, 0.2) is 0 Å². The number of benzene rings is 2. The lowest BCUT2D eigenvalue weighted by atomic mass is 10.0. The van der Waals surface area contributed by atoms with Gasteiger partial charge in [-0.2, -0.15) is 0 Å². The van der Waals surface area contributed by atoms with Gasteiger partial charge in [-0.3, -0.25) is 4.79 Å². The third-order valence-electron chi connectivity index (χ3n) is 4.70. The Labute approximate surface area is 163 Å². The largest absolute Gasteiger partial charge is 0.495 e. The van der Waals surface area contributed by atoms with E-state index in [-0.39, 0.29) is 17.4 Å². The molecule has 0 radical (unpaired) electrons. The second-order valence-electron chi connectivity index (χ2n) is 6.60. The molecule has 1 heterocycles. The van der Waals surface area contributed by atoms with Crippen molar-refractivity contribution in [3.8, 4) is 16.9 Å². The minimum atomic E-state index is -0.268. The molecule has 0 N–H and O–H groups in total. The van der Waals surface area contributed by atoms with Gasteiger partial charge >= 0.3 is 0 Å². The smallest absolute Gasteiger partial charge is 0.251 e. The number of aryl methyl sites for hydroxylation is 1. The van der Waals surface area contributed by atoms with E-state index < -0.39 is 0 Å². The zero-order chi connectivity index (χ0) is 19.6. The van der Waals surface area contributed by atoms with Crippen LogP contribution in [0, 0.1) is 12.7 Å². The summed E-state index contributed by atoms with van der Waals surface area (Å²) in [6, 6.07) is 13.5. The van der Waals surface area contributed by atoms with Gasteiger partial charge in [0.2, 0.25) is 0 Å². The van der Waals surface area contributed by atoms with Crippen LogP contribution in [0.25, 0.3) is 11.1 Å². The predicted octanol–water partition coefficient (Wildman–Crippen LogP) is 5.43. The molecule has 140 valence electrons. The lowest BCUT2D eigenvalue weighted by molar-refractivity contribution is 0.403. The number of nitrogens with zero attached hydrogens (tertiary/aromatic N) is 1. The van der Waals surface area contributed by atoms with Gasteiger partial charge in [-0.05, 0) is 55.2 Å². The molecule has 3 nitrogen and oxygen atoms in total. The van der Waals surface area contributed by atoms with Crippen molar-refractivity contribution in [2.24, 2.45) is 0 Å². The van der Waals surface area contributed by atoms with Crippen molar-refractivity contribution >= 4 is 11.6 Å². The molecule has 0 saturated carbocycles. The lowest BCUT2D eigenvalue weighted by Crippen LogP contribution is -2.24. The third kappa shape index (κ3) is 4.06. The number of aromatic nitrogens is 1. The molecule has 3 aromatic rings. The molecular formula is C22H21ClFNO2. The van der Waals surface area contributed by atoms with Gasteiger partial charge in [0.05, 0.1) is 13.3 Å². The SMILES string of the molecule is COc1cn(C(C)Cc2ccccc2F)c(=O)cc1-c1cc(Cl)ccc1C. The third-order valence-corrected chi connectivity index (χ3v) is 4.94. The van der Waals surface area contributed by atoms with Gasteiger partial charge in [-0.25, -0.2) is 4.39 Å². The van der Waals surface area contributed by atoms with E-state index in [2.05, 4.69) is 0 Å². The number of hydrogen-bond donors (Lipinski definition) is 0. The summed E-state index contributed by atoms with van der Waals surface area (Å²) in [5.41, 5.74) is 2.94. The molecular weight excluding hydrogens is 365 g/mol. The van der Waals surface area contributed by atoms with Crippen molar-refractivity contribution in [2.45, 2.75) is 26.3 Å². The number of hydrogen-bond acceptors (Lipinski definition) is 2. The van der Waals surface area contributed by atoms with E-state index in [1.807, 2.05) is 32.0 Å². The molecule has 5 heteroatoms. The molecule has 0 amide bonds. The first-order chi connectivity index (χ1) is 12.9. The summed E-state index contributed by atoms with van der Waals surface area (Å²) < 4.78 is 21.1. The monoisotopic (exact) mass is 385 g/mol. The molecule has 3 rings (SSSR count). The molecule has 0 fully saturated rings. The molecule has 1 unspecified atom stereocenters. The van der Waals surface area contributed by atoms with Gasteiger partial charge < -0.3 is 9.30 Å². The van der Waals surface area contributed by atoms with E-state index in [0.29, 0.717) is 28.3 Å². The summed E-state index contributed by atoms with van der Waals surface area (Å²) >= 11 is 6.13. The van der Waals surface area contributed by atoms with Crippen molar-refractivity contribution in [1.29, 1.82) is 0 Å². The van der Waals surface area contributed by atoms with Crippen LogP contribution in [-0.2, 0) is 6.42 Å². The standard InChI is InChI=1S/C22H21ClFNO2/c1-14-8-9-17(23)11-18(14)19-12-22(26)25(13-21(19)27-3)15(2)10-16-6-4-5-7-20(16)24/h4-9,11-13,15H,10H2,1-3H3. The maximum absolute atomic E-state index is 14.0. The van der Waals surface area contributed by atoms with Crippen LogP contribution in [0.15, 0.2) is 59.5 Å². The first kappa shape index (κ1) is 19.2. The highest BCUT2D eigenvalue weighted by Gasteiger charge is 2.16. The number of methoxy groups -OCH3 is 1. The predicted molar refractivity (Wildman–Crippen MR) is 107 cm³/mol. The molecule has 2 aromatic carbocycles. The van der Waals surface area contributed by atoms with E-state index in [9.17, 15) is 9.18 Å². The van der Waals surface area contributed by atoms with Crippen LogP contribution in [-0.4, -0.2) is 11.7 Å². The van der Waals surface area contributed by atoms with Gasteiger partial charge in [-0.1, -0.05) is 35.9 Å². The molecule has 0 bridgehead atoms. The molecule has 0 aliphatic heterocycles. The Bertz CT molecular complexity index is 1030. The first-order valence-corrected chi connectivity index (χ1v) is 9.08. The van der Waals surface area contributed by atoms with Crippen LogP contribution >= 0.6 is 11.6 Å². The number of pyridine rings is 1. The Morgan fingerprint density at radius 1 is 1.15 bits per heavy atom. The maximum atomic E-state index is 14.0. The topological polar surface area (TPSA) is 31.2 Å². The van der Waals surface area contributed by atoms with Crippen molar-refractivity contribution in [3.63, 3.8) is 0 Å². The van der Waals surface area contributed by atoms with Gasteiger partial charge in [0, 0.05) is 22.7 Å². The fourth-order valence-electron chi connectivity index (χ4n) is 3.21. The molecule has 0 spiro atoms. The highest BCUT2D eigenvalue weighted by molar-refractivity contribution is 6.30. The molecule has 27 heavy (non-hydrogen) atoms. The van der Waals surface area contributed by atoms with Gasteiger partial charge in [0.1, 0.15) is 11.6 Å². The van der Waals surface area contributed by atoms with Crippen LogP contribution in [0.3, 0.4) is 0 Å². The van der Waals surface area contributed by atoms with Crippen LogP contribution in [0.1, 0.15) is 24.1 Å². The Hall–Kier alpha value is -2.59. The Balaban J connectivity index is 2.03.